The second-order valence-electron chi connectivity index (χ2n) is 11.0. The number of nitrogens with one attached hydrogen (secondary N) is 4. The Morgan fingerprint density at radius 1 is 1.27 bits per heavy atom. The molecule has 0 radical (unpaired) electrons. The summed E-state index contributed by atoms with van der Waals surface area (Å²) in [6.45, 7) is 6.44. The summed E-state index contributed by atoms with van der Waals surface area (Å²) in [5, 5.41) is 17.0. The maximum Gasteiger partial charge on any atom is 0.410 e. The van der Waals surface area contributed by atoms with E-state index in [0.717, 1.165) is 24.9 Å². The lowest BCUT2D eigenvalue weighted by atomic mass is 10.2. The van der Waals surface area contributed by atoms with Gasteiger partial charge in [-0.25, -0.2) is 9.78 Å². The van der Waals surface area contributed by atoms with Gasteiger partial charge in [-0.1, -0.05) is 11.8 Å². The molecule has 1 aliphatic heterocycles. The molecule has 11 heteroatoms. The highest BCUT2D eigenvalue weighted by molar-refractivity contribution is 5.87. The zero-order valence-electron chi connectivity index (χ0n) is 23.3. The van der Waals surface area contributed by atoms with E-state index in [4.69, 9.17) is 15.9 Å². The van der Waals surface area contributed by atoms with Gasteiger partial charge < -0.3 is 31.8 Å². The lowest BCUT2D eigenvalue weighted by Crippen LogP contribution is -2.47. The van der Waals surface area contributed by atoms with Gasteiger partial charge in [-0.05, 0) is 71.1 Å². The van der Waals surface area contributed by atoms with Crippen molar-refractivity contribution in [2.75, 3.05) is 29.5 Å². The third-order valence-electron chi connectivity index (χ3n) is 6.39. The van der Waals surface area contributed by atoms with E-state index in [1.807, 2.05) is 26.8 Å². The van der Waals surface area contributed by atoms with Crippen LogP contribution in [0.1, 0.15) is 70.4 Å². The number of rotatable bonds is 9. The van der Waals surface area contributed by atoms with Gasteiger partial charge >= 0.3 is 6.09 Å². The number of anilines is 4. The molecule has 2 aromatic rings. The van der Waals surface area contributed by atoms with Crippen molar-refractivity contribution in [1.29, 1.82) is 5.41 Å². The topological polar surface area (TPSA) is 158 Å². The summed E-state index contributed by atoms with van der Waals surface area (Å²) in [6.07, 6.45) is 7.31. The van der Waals surface area contributed by atoms with E-state index in [0.29, 0.717) is 67.0 Å². The monoisotopic (exact) mass is 546 g/mol. The molecule has 1 aliphatic carbocycles. The number of hydrogen-bond acceptors (Lipinski definition) is 9. The van der Waals surface area contributed by atoms with Gasteiger partial charge in [0, 0.05) is 48.7 Å². The summed E-state index contributed by atoms with van der Waals surface area (Å²) in [4.78, 5) is 35.7. The molecule has 6 N–H and O–H groups in total. The molecule has 40 heavy (non-hydrogen) atoms. The van der Waals surface area contributed by atoms with Gasteiger partial charge in [-0.2, -0.15) is 4.98 Å². The van der Waals surface area contributed by atoms with Crippen molar-refractivity contribution < 1.29 is 14.3 Å². The number of ether oxygens (including phenoxy) is 1. The van der Waals surface area contributed by atoms with Crippen molar-refractivity contribution in [3.8, 4) is 11.8 Å². The van der Waals surface area contributed by atoms with Crippen LogP contribution in [-0.2, 0) is 9.53 Å². The summed E-state index contributed by atoms with van der Waals surface area (Å²) >= 11 is 0. The average molecular weight is 547 g/mol. The normalized spacial score (nSPS) is 16.5. The summed E-state index contributed by atoms with van der Waals surface area (Å²) in [7, 11) is 0. The number of carbonyl (C=O) groups excluding carboxylic acids is 2. The molecule has 11 nitrogen and oxygen atoms in total. The number of nitrogen functional groups attached to an aromatic ring is 1. The van der Waals surface area contributed by atoms with Gasteiger partial charge in [-0.3, -0.25) is 9.69 Å². The lowest BCUT2D eigenvalue weighted by molar-refractivity contribution is -0.125. The van der Waals surface area contributed by atoms with Crippen LogP contribution in [0.4, 0.5) is 27.9 Å². The van der Waals surface area contributed by atoms with Gasteiger partial charge in [-0.15, -0.1) is 0 Å². The zero-order chi connectivity index (χ0) is 28.7. The largest absolute Gasteiger partial charge is 0.444 e. The van der Waals surface area contributed by atoms with E-state index >= 15 is 0 Å². The summed E-state index contributed by atoms with van der Waals surface area (Å²) in [5.41, 5.74) is 7.87. The predicted octanol–water partition coefficient (Wildman–Crippen LogP) is 4.02. The lowest BCUT2D eigenvalue weighted by Gasteiger charge is -2.28. The van der Waals surface area contributed by atoms with E-state index in [-0.39, 0.29) is 5.91 Å². The van der Waals surface area contributed by atoms with E-state index in [1.54, 1.807) is 18.3 Å². The molecule has 2 aliphatic rings. The standard InChI is InChI=1S/C29H38N8O3/c1-29(2,3)40-28(39)37-15-7-9-24(37)26(38)32-14-6-4-5-8-19-18-33-27(36-25(19)34-21-10-11-21)35-22-12-13-23(31)20(16-22)17-30/h12-13,16-18,21,24,30H,4,6-7,9-11,14-15,31H2,1-3H3,(H,32,38)(H2,33,34,35,36)/t24-/m0/s1. The van der Waals surface area contributed by atoms with Gasteiger partial charge in [0.1, 0.15) is 17.5 Å². The Labute approximate surface area is 235 Å². The maximum atomic E-state index is 12.7. The first-order valence-electron chi connectivity index (χ1n) is 13.7. The molecule has 1 aromatic heterocycles. The molecule has 0 spiro atoms. The van der Waals surface area contributed by atoms with Gasteiger partial charge in [0.2, 0.25) is 11.9 Å². The highest BCUT2D eigenvalue weighted by atomic mass is 16.6. The third kappa shape index (κ3) is 8.09. The maximum absolute atomic E-state index is 12.7. The minimum atomic E-state index is -0.600. The fraction of sp³-hybridized carbons (Fsp3) is 0.483. The van der Waals surface area contributed by atoms with Gasteiger partial charge in [0.25, 0.3) is 0 Å². The van der Waals surface area contributed by atoms with E-state index in [2.05, 4.69) is 37.8 Å². The van der Waals surface area contributed by atoms with E-state index in [9.17, 15) is 9.59 Å². The Hall–Kier alpha value is -4.33. The zero-order valence-corrected chi connectivity index (χ0v) is 23.3. The van der Waals surface area contributed by atoms with Crippen molar-refractivity contribution in [1.82, 2.24) is 20.2 Å². The number of amides is 2. The molecular formula is C29H38N8O3. The van der Waals surface area contributed by atoms with Crippen molar-refractivity contribution in [2.24, 2.45) is 0 Å². The Morgan fingerprint density at radius 2 is 2.08 bits per heavy atom. The van der Waals surface area contributed by atoms with Crippen molar-refractivity contribution in [2.45, 2.75) is 77.0 Å². The average Bonchev–Trinajstić information content (AvgIpc) is 3.57. The van der Waals surface area contributed by atoms with Gasteiger partial charge in [0.15, 0.2) is 0 Å². The highest BCUT2D eigenvalue weighted by Crippen LogP contribution is 2.27. The van der Waals surface area contributed by atoms with Crippen LogP contribution >= 0.6 is 0 Å². The number of nitrogens with two attached hydrogens (primary N) is 1. The van der Waals surface area contributed by atoms with Crippen LogP contribution in [-0.4, -0.2) is 63.9 Å². The van der Waals surface area contributed by atoms with Gasteiger partial charge in [0.05, 0.1) is 11.8 Å². The molecular weight excluding hydrogens is 508 g/mol. The number of unbranched alkanes of at least 4 members (excludes halogenated alkanes) is 1. The molecule has 1 saturated heterocycles. The van der Waals surface area contributed by atoms with Crippen molar-refractivity contribution in [3.05, 3.63) is 35.5 Å². The molecule has 2 fully saturated rings. The summed E-state index contributed by atoms with van der Waals surface area (Å²) in [5.74, 6) is 7.25. The van der Waals surface area contributed by atoms with Crippen LogP contribution in [0.3, 0.4) is 0 Å². The molecule has 1 saturated carbocycles. The smallest absolute Gasteiger partial charge is 0.410 e. The first-order chi connectivity index (χ1) is 19.1. The molecule has 2 heterocycles. The van der Waals surface area contributed by atoms with Crippen LogP contribution in [0.25, 0.3) is 0 Å². The number of nitrogens with zero attached hydrogens (tertiary/aromatic N) is 3. The molecule has 1 atom stereocenters. The number of hydrogen-bond donors (Lipinski definition) is 5. The quantitative estimate of drug-likeness (QED) is 0.137. The second-order valence-corrected chi connectivity index (χ2v) is 11.0. The SMILES string of the molecule is CC(C)(C)OC(=O)N1CCC[C@H]1C(=O)NCCCC#Cc1cnc(Nc2ccc(N)c(C=N)c2)nc1NC1CC1. The number of likely N-dealkylation sites (tertiary alicyclic amines) is 1. The predicted molar refractivity (Wildman–Crippen MR) is 156 cm³/mol. The number of benzene rings is 1. The van der Waals surface area contributed by atoms with E-state index < -0.39 is 17.7 Å². The molecule has 212 valence electrons. The summed E-state index contributed by atoms with van der Waals surface area (Å²) in [6, 6.07) is 5.21. The Kier molecular flexibility index (Phi) is 9.09. The first-order valence-corrected chi connectivity index (χ1v) is 13.7. The molecule has 2 amide bonds. The molecule has 1 aromatic carbocycles. The molecule has 0 bridgehead atoms. The van der Waals surface area contributed by atoms with Crippen LogP contribution in [0.2, 0.25) is 0 Å². The van der Waals surface area contributed by atoms with Crippen LogP contribution < -0.4 is 21.7 Å². The fourth-order valence-electron chi connectivity index (χ4n) is 4.21. The fourth-order valence-corrected chi connectivity index (χ4v) is 4.21. The number of carbonyl (C=O) groups is 2. The minimum absolute atomic E-state index is 0.155. The Bertz CT molecular complexity index is 1310. The van der Waals surface area contributed by atoms with E-state index in [1.165, 1.54) is 11.1 Å². The van der Waals surface area contributed by atoms with Crippen LogP contribution in [0.5, 0.6) is 0 Å². The first kappa shape index (κ1) is 28.7. The highest BCUT2D eigenvalue weighted by Gasteiger charge is 2.36. The molecule has 0 unspecified atom stereocenters. The van der Waals surface area contributed by atoms with Crippen LogP contribution in [0.15, 0.2) is 24.4 Å². The Balaban J connectivity index is 1.29. The van der Waals surface area contributed by atoms with Crippen molar-refractivity contribution in [3.63, 3.8) is 0 Å². The second kappa shape index (κ2) is 12.7. The number of aromatic nitrogens is 2. The summed E-state index contributed by atoms with van der Waals surface area (Å²) < 4.78 is 5.45. The van der Waals surface area contributed by atoms with Crippen molar-refractivity contribution >= 4 is 41.4 Å². The molecule has 4 rings (SSSR count). The van der Waals surface area contributed by atoms with Crippen LogP contribution in [0, 0.1) is 17.3 Å². The minimum Gasteiger partial charge on any atom is -0.444 e. The third-order valence-corrected chi connectivity index (χ3v) is 6.39. The Morgan fingerprint density at radius 3 is 2.80 bits per heavy atom.